The summed E-state index contributed by atoms with van der Waals surface area (Å²) >= 11 is 0. The highest BCUT2D eigenvalue weighted by Gasteiger charge is 2.30. The first kappa shape index (κ1) is 19.7. The van der Waals surface area contributed by atoms with E-state index in [1.807, 2.05) is 25.1 Å². The van der Waals surface area contributed by atoms with Crippen molar-refractivity contribution >= 4 is 16.6 Å². The Labute approximate surface area is 171 Å². The molecule has 1 unspecified atom stereocenters. The number of nitrogens with zero attached hydrogens (tertiary/aromatic N) is 2. The van der Waals surface area contributed by atoms with Crippen molar-refractivity contribution in [1.82, 2.24) is 9.97 Å². The fraction of sp³-hybridized carbons (Fsp3) is 0.130. The smallest absolute Gasteiger partial charge is 0.416 e. The van der Waals surface area contributed by atoms with Crippen molar-refractivity contribution in [1.29, 1.82) is 0 Å². The van der Waals surface area contributed by atoms with Gasteiger partial charge in [-0.15, -0.1) is 0 Å². The molecule has 0 fully saturated rings. The predicted molar refractivity (Wildman–Crippen MR) is 109 cm³/mol. The van der Waals surface area contributed by atoms with E-state index in [1.165, 1.54) is 6.07 Å². The normalized spacial score (nSPS) is 12.7. The Morgan fingerprint density at radius 1 is 0.967 bits per heavy atom. The molecule has 152 valence electrons. The van der Waals surface area contributed by atoms with Crippen LogP contribution >= 0.6 is 0 Å². The minimum atomic E-state index is -4.45. The van der Waals surface area contributed by atoms with Crippen LogP contribution in [0.1, 0.15) is 28.4 Å². The van der Waals surface area contributed by atoms with E-state index in [4.69, 9.17) is 0 Å². The molecule has 0 aliphatic rings. The molecule has 2 aromatic carbocycles. The molecule has 7 heteroatoms. The second-order valence-electron chi connectivity index (χ2n) is 6.96. The molecule has 0 saturated heterocycles. The van der Waals surface area contributed by atoms with E-state index in [9.17, 15) is 18.3 Å². The van der Waals surface area contributed by atoms with Crippen molar-refractivity contribution in [2.24, 2.45) is 0 Å². The SMILES string of the molecule is Cc1ccc2ccc(C(Nc3cccc(C(F)(F)F)c3)c3ccncc3)c(O)c2n1. The highest BCUT2D eigenvalue weighted by molar-refractivity contribution is 5.86. The maximum absolute atomic E-state index is 13.1. The number of rotatable bonds is 4. The van der Waals surface area contributed by atoms with Gasteiger partial charge in [0.15, 0.2) is 0 Å². The molecular weight excluding hydrogens is 391 g/mol. The molecule has 0 spiro atoms. The minimum Gasteiger partial charge on any atom is -0.505 e. The van der Waals surface area contributed by atoms with Crippen LogP contribution in [0.4, 0.5) is 18.9 Å². The molecule has 0 amide bonds. The van der Waals surface area contributed by atoms with Gasteiger partial charge in [0.25, 0.3) is 0 Å². The van der Waals surface area contributed by atoms with E-state index in [0.717, 1.165) is 28.8 Å². The second-order valence-corrected chi connectivity index (χ2v) is 6.96. The number of hydrogen-bond acceptors (Lipinski definition) is 4. The third-order valence-corrected chi connectivity index (χ3v) is 4.86. The predicted octanol–water partition coefficient (Wildman–Crippen LogP) is 5.86. The summed E-state index contributed by atoms with van der Waals surface area (Å²) in [4.78, 5) is 8.43. The number of benzene rings is 2. The van der Waals surface area contributed by atoms with Crippen molar-refractivity contribution in [3.63, 3.8) is 0 Å². The van der Waals surface area contributed by atoms with Crippen molar-refractivity contribution in [3.8, 4) is 5.75 Å². The molecule has 30 heavy (non-hydrogen) atoms. The lowest BCUT2D eigenvalue weighted by molar-refractivity contribution is -0.137. The van der Waals surface area contributed by atoms with Crippen molar-refractivity contribution in [3.05, 3.63) is 95.4 Å². The van der Waals surface area contributed by atoms with Gasteiger partial charge in [-0.1, -0.05) is 24.3 Å². The zero-order valence-electron chi connectivity index (χ0n) is 16.0. The maximum Gasteiger partial charge on any atom is 0.416 e. The van der Waals surface area contributed by atoms with E-state index in [-0.39, 0.29) is 11.4 Å². The number of phenolic OH excluding ortho intramolecular Hbond substituents is 1. The Balaban J connectivity index is 1.83. The van der Waals surface area contributed by atoms with E-state index < -0.39 is 17.8 Å². The van der Waals surface area contributed by atoms with Crippen LogP contribution in [0.5, 0.6) is 5.75 Å². The zero-order valence-corrected chi connectivity index (χ0v) is 16.0. The Hall–Kier alpha value is -3.61. The fourth-order valence-electron chi connectivity index (χ4n) is 3.37. The highest BCUT2D eigenvalue weighted by atomic mass is 19.4. The fourth-order valence-corrected chi connectivity index (χ4v) is 3.37. The van der Waals surface area contributed by atoms with Crippen LogP contribution in [0.25, 0.3) is 10.9 Å². The van der Waals surface area contributed by atoms with Gasteiger partial charge in [0, 0.05) is 34.7 Å². The van der Waals surface area contributed by atoms with Gasteiger partial charge in [0.2, 0.25) is 0 Å². The number of nitrogens with one attached hydrogen (secondary N) is 1. The van der Waals surface area contributed by atoms with Gasteiger partial charge in [-0.05, 0) is 48.9 Å². The Morgan fingerprint density at radius 2 is 1.70 bits per heavy atom. The average Bonchev–Trinajstić information content (AvgIpc) is 2.73. The number of hydrogen-bond donors (Lipinski definition) is 2. The van der Waals surface area contributed by atoms with Crippen LogP contribution in [0.3, 0.4) is 0 Å². The van der Waals surface area contributed by atoms with Gasteiger partial charge in [-0.25, -0.2) is 4.98 Å². The Kier molecular flexibility index (Phi) is 5.03. The lowest BCUT2D eigenvalue weighted by atomic mass is 9.96. The first-order valence-electron chi connectivity index (χ1n) is 9.26. The number of fused-ring (bicyclic) bond motifs is 1. The van der Waals surface area contributed by atoms with Crippen molar-refractivity contribution < 1.29 is 18.3 Å². The molecule has 0 aliphatic carbocycles. The Morgan fingerprint density at radius 3 is 2.43 bits per heavy atom. The molecule has 4 aromatic rings. The molecule has 1 atom stereocenters. The first-order valence-corrected chi connectivity index (χ1v) is 9.26. The third kappa shape index (κ3) is 3.91. The summed E-state index contributed by atoms with van der Waals surface area (Å²) in [5.74, 6) is -0.0162. The summed E-state index contributed by atoms with van der Waals surface area (Å²) in [6.07, 6.45) is -1.26. The topological polar surface area (TPSA) is 58.0 Å². The quantitative estimate of drug-likeness (QED) is 0.443. The molecule has 4 rings (SSSR count). The van der Waals surface area contributed by atoms with E-state index >= 15 is 0 Å². The minimum absolute atomic E-state index is 0.0162. The van der Waals surface area contributed by atoms with Gasteiger partial charge in [-0.2, -0.15) is 13.2 Å². The Bertz CT molecular complexity index is 1190. The lowest BCUT2D eigenvalue weighted by Crippen LogP contribution is -2.14. The van der Waals surface area contributed by atoms with E-state index in [0.29, 0.717) is 11.1 Å². The van der Waals surface area contributed by atoms with Gasteiger partial charge < -0.3 is 10.4 Å². The van der Waals surface area contributed by atoms with Crippen LogP contribution < -0.4 is 5.32 Å². The summed E-state index contributed by atoms with van der Waals surface area (Å²) in [5, 5.41) is 14.9. The standard InChI is InChI=1S/C23H18F3N3O/c1-14-5-6-15-7-8-19(22(30)21(15)28-14)20(16-9-11-27-12-10-16)29-18-4-2-3-17(13-18)23(24,25)26/h2-13,20,29-30H,1H3. The van der Waals surface area contributed by atoms with Crippen molar-refractivity contribution in [2.75, 3.05) is 5.32 Å². The molecule has 0 radical (unpaired) electrons. The van der Waals surface area contributed by atoms with Crippen LogP contribution in [0, 0.1) is 6.92 Å². The van der Waals surface area contributed by atoms with Gasteiger partial charge in [0.1, 0.15) is 11.3 Å². The van der Waals surface area contributed by atoms with Crippen LogP contribution in [-0.2, 0) is 6.18 Å². The second kappa shape index (κ2) is 7.67. The van der Waals surface area contributed by atoms with Crippen LogP contribution in [0.15, 0.2) is 73.1 Å². The van der Waals surface area contributed by atoms with Gasteiger partial charge in [-0.3, -0.25) is 4.98 Å². The average molecular weight is 409 g/mol. The number of alkyl halides is 3. The first-order chi connectivity index (χ1) is 14.3. The van der Waals surface area contributed by atoms with Crippen LogP contribution in [0.2, 0.25) is 0 Å². The third-order valence-electron chi connectivity index (χ3n) is 4.86. The molecule has 4 nitrogen and oxygen atoms in total. The number of halogens is 3. The summed E-state index contributed by atoms with van der Waals surface area (Å²) < 4.78 is 39.4. The number of aryl methyl sites for hydroxylation is 1. The maximum atomic E-state index is 13.1. The lowest BCUT2D eigenvalue weighted by Gasteiger charge is -2.23. The highest BCUT2D eigenvalue weighted by Crippen LogP contribution is 2.37. The van der Waals surface area contributed by atoms with Gasteiger partial charge >= 0.3 is 6.18 Å². The van der Waals surface area contributed by atoms with E-state index in [2.05, 4.69) is 15.3 Å². The molecule has 2 aromatic heterocycles. The number of pyridine rings is 2. The summed E-state index contributed by atoms with van der Waals surface area (Å²) in [6, 6.07) is 15.2. The molecule has 0 bridgehead atoms. The van der Waals surface area contributed by atoms with Crippen LogP contribution in [-0.4, -0.2) is 15.1 Å². The zero-order chi connectivity index (χ0) is 21.3. The molecule has 2 heterocycles. The summed E-state index contributed by atoms with van der Waals surface area (Å²) in [7, 11) is 0. The molecular formula is C23H18F3N3O. The number of phenols is 1. The largest absolute Gasteiger partial charge is 0.505 e. The molecule has 0 saturated carbocycles. The molecule has 0 aliphatic heterocycles. The summed E-state index contributed by atoms with van der Waals surface area (Å²) in [6.45, 7) is 1.83. The van der Waals surface area contributed by atoms with Gasteiger partial charge in [0.05, 0.1) is 11.6 Å². The number of anilines is 1. The summed E-state index contributed by atoms with van der Waals surface area (Å²) in [5.41, 5.74) is 1.97. The number of aromatic nitrogens is 2. The van der Waals surface area contributed by atoms with Crippen molar-refractivity contribution in [2.45, 2.75) is 19.1 Å². The van der Waals surface area contributed by atoms with E-state index in [1.54, 1.807) is 36.7 Å². The molecule has 2 N–H and O–H groups in total. The monoisotopic (exact) mass is 409 g/mol. The number of aromatic hydroxyl groups is 1.